The van der Waals surface area contributed by atoms with Gasteiger partial charge in [-0.1, -0.05) is 234 Å². The lowest BCUT2D eigenvalue weighted by Gasteiger charge is -2.16. The zero-order valence-electron chi connectivity index (χ0n) is 40.4. The summed E-state index contributed by atoms with van der Waals surface area (Å²) in [5.41, 5.74) is 0. The lowest BCUT2D eigenvalue weighted by Crippen LogP contribution is -2.27. The third-order valence-corrected chi connectivity index (χ3v) is 11.2. The molecule has 0 amide bonds. The smallest absolute Gasteiger partial charge is 0.306 e. The van der Waals surface area contributed by atoms with Gasteiger partial charge >= 0.3 is 5.97 Å². The molecule has 0 radical (unpaired) electrons. The van der Waals surface area contributed by atoms with Crippen LogP contribution in [0.2, 0.25) is 0 Å². The molecule has 0 heterocycles. The van der Waals surface area contributed by atoms with Gasteiger partial charge in [-0.25, -0.2) is 0 Å². The predicted octanol–water partition coefficient (Wildman–Crippen LogP) is 17.9. The van der Waals surface area contributed by atoms with Crippen molar-refractivity contribution in [2.75, 3.05) is 19.8 Å². The molecule has 0 aliphatic carbocycles. The van der Waals surface area contributed by atoms with Crippen LogP contribution >= 0.6 is 0 Å². The maximum Gasteiger partial charge on any atom is 0.306 e. The van der Waals surface area contributed by atoms with Gasteiger partial charge in [0.2, 0.25) is 0 Å². The Labute approximate surface area is 380 Å². The van der Waals surface area contributed by atoms with E-state index in [0.717, 1.165) is 57.8 Å². The van der Waals surface area contributed by atoms with Crippen LogP contribution in [-0.2, 0) is 14.3 Å². The zero-order chi connectivity index (χ0) is 44.0. The molecule has 0 aromatic rings. The number of aliphatic hydroxyl groups is 1. The number of unbranched alkanes of at least 4 members (excludes halogenated alkanes) is 26. The van der Waals surface area contributed by atoms with E-state index in [1.165, 1.54) is 167 Å². The molecular formula is C57H100O4. The molecule has 0 fully saturated rings. The lowest BCUT2D eigenvalue weighted by atomic mass is 10.0. The van der Waals surface area contributed by atoms with Crippen LogP contribution in [0, 0.1) is 0 Å². The average molecular weight is 849 g/mol. The van der Waals surface area contributed by atoms with E-state index in [0.29, 0.717) is 13.0 Å². The van der Waals surface area contributed by atoms with Gasteiger partial charge in [-0.05, 0) is 89.9 Å². The number of carbonyl (C=O) groups excluding carboxylic acids is 1. The third-order valence-electron chi connectivity index (χ3n) is 11.2. The van der Waals surface area contributed by atoms with Gasteiger partial charge in [0, 0.05) is 13.0 Å². The van der Waals surface area contributed by atoms with Gasteiger partial charge in [0.25, 0.3) is 0 Å². The van der Waals surface area contributed by atoms with E-state index < -0.39 is 6.10 Å². The molecular weight excluding hydrogens is 749 g/mol. The molecule has 1 atom stereocenters. The first kappa shape index (κ1) is 58.6. The predicted molar refractivity (Wildman–Crippen MR) is 269 cm³/mol. The van der Waals surface area contributed by atoms with Gasteiger partial charge in [-0.15, -0.1) is 0 Å². The van der Waals surface area contributed by atoms with E-state index in [2.05, 4.69) is 98.9 Å². The van der Waals surface area contributed by atoms with Crippen LogP contribution in [0.15, 0.2) is 85.1 Å². The first-order valence-electron chi connectivity index (χ1n) is 26.2. The van der Waals surface area contributed by atoms with E-state index in [-0.39, 0.29) is 19.2 Å². The molecule has 0 aliphatic rings. The van der Waals surface area contributed by atoms with Gasteiger partial charge in [0.15, 0.2) is 0 Å². The Kier molecular flexibility index (Phi) is 51.6. The summed E-state index contributed by atoms with van der Waals surface area (Å²) < 4.78 is 11.2. The quantitative estimate of drug-likeness (QED) is 0.0376. The average Bonchev–Trinajstić information content (AvgIpc) is 3.27. The van der Waals surface area contributed by atoms with Crippen molar-refractivity contribution >= 4 is 5.97 Å². The first-order chi connectivity index (χ1) is 30.2. The highest BCUT2D eigenvalue weighted by Crippen LogP contribution is 2.15. The largest absolute Gasteiger partial charge is 0.457 e. The highest BCUT2D eigenvalue weighted by Gasteiger charge is 2.13. The van der Waals surface area contributed by atoms with Gasteiger partial charge in [-0.2, -0.15) is 0 Å². The summed E-state index contributed by atoms with van der Waals surface area (Å²) in [7, 11) is 0. The Morgan fingerprint density at radius 2 is 0.738 bits per heavy atom. The molecule has 0 aromatic heterocycles. The second kappa shape index (κ2) is 53.7. The van der Waals surface area contributed by atoms with Gasteiger partial charge < -0.3 is 14.6 Å². The van der Waals surface area contributed by atoms with Crippen molar-refractivity contribution in [3.05, 3.63) is 85.1 Å². The number of hydrogen-bond acceptors (Lipinski definition) is 4. The standard InChI is InChI=1S/C57H100O4/c1-3-5-7-9-11-13-15-17-19-21-23-25-27-29-30-32-34-36-38-40-42-44-46-48-50-52-57(59)61-56(54-58)55-60-53-51-49-47-45-43-41-39-37-35-33-31-28-26-24-22-20-18-16-14-12-10-8-6-4-2/h5,7,11,13,16-19,22-25,29-30,56,58H,3-4,6,8-10,12,14-15,20-21,26-28,31-55H2,1-2H3/b7-5-,13-11-,18-16-,19-17-,24-22-,25-23-,30-29-. The maximum atomic E-state index is 12.3. The summed E-state index contributed by atoms with van der Waals surface area (Å²) in [6.07, 6.45) is 75.3. The minimum atomic E-state index is -0.544. The van der Waals surface area contributed by atoms with Crippen molar-refractivity contribution in [2.45, 2.75) is 251 Å². The zero-order valence-corrected chi connectivity index (χ0v) is 40.4. The Morgan fingerprint density at radius 1 is 0.410 bits per heavy atom. The van der Waals surface area contributed by atoms with Gasteiger partial charge in [0.05, 0.1) is 13.2 Å². The topological polar surface area (TPSA) is 55.8 Å². The van der Waals surface area contributed by atoms with Crippen LogP contribution in [0.25, 0.3) is 0 Å². The van der Waals surface area contributed by atoms with Crippen molar-refractivity contribution in [3.8, 4) is 0 Å². The Hall–Kier alpha value is -2.43. The van der Waals surface area contributed by atoms with E-state index >= 15 is 0 Å². The summed E-state index contributed by atoms with van der Waals surface area (Å²) in [5, 5.41) is 9.66. The number of ether oxygens (including phenoxy) is 2. The van der Waals surface area contributed by atoms with Crippen molar-refractivity contribution in [1.82, 2.24) is 0 Å². The molecule has 0 spiro atoms. The molecule has 0 saturated carbocycles. The first-order valence-corrected chi connectivity index (χ1v) is 26.2. The van der Waals surface area contributed by atoms with Crippen LogP contribution in [0.3, 0.4) is 0 Å². The molecule has 0 aromatic carbocycles. The maximum absolute atomic E-state index is 12.3. The highest BCUT2D eigenvalue weighted by atomic mass is 16.6. The fourth-order valence-corrected chi connectivity index (χ4v) is 7.33. The van der Waals surface area contributed by atoms with Gasteiger partial charge in [-0.3, -0.25) is 4.79 Å². The van der Waals surface area contributed by atoms with Gasteiger partial charge in [0.1, 0.15) is 6.10 Å². The molecule has 1 N–H and O–H groups in total. The molecule has 0 aliphatic heterocycles. The molecule has 352 valence electrons. The normalized spacial score (nSPS) is 13.0. The van der Waals surface area contributed by atoms with Crippen LogP contribution in [0.5, 0.6) is 0 Å². The van der Waals surface area contributed by atoms with E-state index in [4.69, 9.17) is 9.47 Å². The van der Waals surface area contributed by atoms with E-state index in [1.54, 1.807) is 0 Å². The highest BCUT2D eigenvalue weighted by molar-refractivity contribution is 5.69. The van der Waals surface area contributed by atoms with Crippen LogP contribution in [0.1, 0.15) is 245 Å². The number of allylic oxidation sites excluding steroid dienone is 14. The fourth-order valence-electron chi connectivity index (χ4n) is 7.33. The van der Waals surface area contributed by atoms with E-state index in [9.17, 15) is 9.90 Å². The molecule has 0 bridgehead atoms. The van der Waals surface area contributed by atoms with Crippen molar-refractivity contribution in [1.29, 1.82) is 0 Å². The summed E-state index contributed by atoms with van der Waals surface area (Å²) >= 11 is 0. The minimum absolute atomic E-state index is 0.178. The van der Waals surface area contributed by atoms with Crippen molar-refractivity contribution in [2.24, 2.45) is 0 Å². The molecule has 0 rings (SSSR count). The SMILES string of the molecule is CC/C=C\C/C=C\C/C=C\C/C=C\C/C=C\CCCCCCCCCCCC(=O)OC(CO)COCCCCCCCCCCCCCC/C=C\C/C=C\CCCCCCC. The molecule has 0 saturated heterocycles. The molecule has 1 unspecified atom stereocenters. The van der Waals surface area contributed by atoms with E-state index in [1.807, 2.05) is 0 Å². The van der Waals surface area contributed by atoms with Crippen LogP contribution in [0.4, 0.5) is 0 Å². The van der Waals surface area contributed by atoms with Crippen molar-refractivity contribution < 1.29 is 19.4 Å². The number of hydrogen-bond donors (Lipinski definition) is 1. The van der Waals surface area contributed by atoms with Crippen LogP contribution in [-0.4, -0.2) is 37.0 Å². The molecule has 4 heteroatoms. The Balaban J connectivity index is 3.45. The summed E-state index contributed by atoms with van der Waals surface area (Å²) in [4.78, 5) is 12.3. The van der Waals surface area contributed by atoms with Crippen molar-refractivity contribution in [3.63, 3.8) is 0 Å². The van der Waals surface area contributed by atoms with Crippen LogP contribution < -0.4 is 0 Å². The number of esters is 1. The molecule has 61 heavy (non-hydrogen) atoms. The summed E-state index contributed by atoms with van der Waals surface area (Å²) in [6, 6.07) is 0. The number of rotatable bonds is 48. The summed E-state index contributed by atoms with van der Waals surface area (Å²) in [5.74, 6) is -0.208. The summed E-state index contributed by atoms with van der Waals surface area (Å²) in [6.45, 7) is 5.23. The minimum Gasteiger partial charge on any atom is -0.457 e. The fraction of sp³-hybridized carbons (Fsp3) is 0.737. The Bertz CT molecular complexity index is 1080. The number of aliphatic hydroxyl groups excluding tert-OH is 1. The lowest BCUT2D eigenvalue weighted by molar-refractivity contribution is -0.154. The third kappa shape index (κ3) is 51.8. The monoisotopic (exact) mass is 849 g/mol. The number of carbonyl (C=O) groups is 1. The second-order valence-corrected chi connectivity index (χ2v) is 17.2. The Morgan fingerprint density at radius 3 is 1.11 bits per heavy atom. The molecule has 4 nitrogen and oxygen atoms in total. The second-order valence-electron chi connectivity index (χ2n) is 17.2.